The molecule has 2 aromatic rings. The van der Waals surface area contributed by atoms with Gasteiger partial charge in [0.25, 0.3) is 5.91 Å². The molecule has 0 bridgehead atoms. The summed E-state index contributed by atoms with van der Waals surface area (Å²) in [7, 11) is -3.27. The van der Waals surface area contributed by atoms with E-state index in [-0.39, 0.29) is 17.7 Å². The Balaban J connectivity index is 1.58. The first-order chi connectivity index (χ1) is 13.0. The number of sulfonamides is 1. The quantitative estimate of drug-likeness (QED) is 0.791. The fourth-order valence-corrected chi connectivity index (χ4v) is 4.45. The highest BCUT2D eigenvalue weighted by atomic mass is 32.2. The van der Waals surface area contributed by atoms with Crippen LogP contribution in [0.5, 0.6) is 11.5 Å². The van der Waals surface area contributed by atoms with Crippen LogP contribution in [0.25, 0.3) is 0 Å². The maximum absolute atomic E-state index is 12.7. The predicted octanol–water partition coefficient (Wildman–Crippen LogP) is 3.02. The number of nitrogens with one attached hydrogen (secondary N) is 1. The zero-order valence-electron chi connectivity index (χ0n) is 15.3. The summed E-state index contributed by atoms with van der Waals surface area (Å²) < 4.78 is 32.2. The van der Waals surface area contributed by atoms with E-state index in [4.69, 9.17) is 4.74 Å². The molecule has 1 amide bonds. The number of carbonyl (C=O) groups excluding carboxylic acids is 1. The van der Waals surface area contributed by atoms with Crippen molar-refractivity contribution in [2.45, 2.75) is 25.8 Å². The highest BCUT2D eigenvalue weighted by molar-refractivity contribution is 7.89. The summed E-state index contributed by atoms with van der Waals surface area (Å²) in [6.45, 7) is 2.76. The van der Waals surface area contributed by atoms with Gasteiger partial charge < -0.3 is 9.64 Å². The molecule has 144 valence electrons. The Hall–Kier alpha value is -2.38. The number of rotatable bonds is 7. The lowest BCUT2D eigenvalue weighted by Gasteiger charge is -2.17. The van der Waals surface area contributed by atoms with E-state index in [0.29, 0.717) is 37.2 Å². The second-order valence-electron chi connectivity index (χ2n) is 6.61. The van der Waals surface area contributed by atoms with Crippen LogP contribution in [0.3, 0.4) is 0 Å². The summed E-state index contributed by atoms with van der Waals surface area (Å²) in [6, 6.07) is 16.2. The van der Waals surface area contributed by atoms with Crippen molar-refractivity contribution < 1.29 is 17.9 Å². The molecular weight excluding hydrogens is 364 g/mol. The van der Waals surface area contributed by atoms with Crippen LogP contribution in [0.4, 0.5) is 0 Å². The lowest BCUT2D eigenvalue weighted by atomic mass is 10.2. The minimum atomic E-state index is -3.27. The van der Waals surface area contributed by atoms with Gasteiger partial charge in [0.1, 0.15) is 11.5 Å². The molecule has 1 heterocycles. The molecule has 1 aliphatic heterocycles. The van der Waals surface area contributed by atoms with Gasteiger partial charge in [0, 0.05) is 24.7 Å². The average Bonchev–Trinajstić information content (AvgIpc) is 3.10. The number of benzene rings is 2. The van der Waals surface area contributed by atoms with E-state index in [1.807, 2.05) is 37.3 Å². The molecule has 27 heavy (non-hydrogen) atoms. The predicted molar refractivity (Wildman–Crippen MR) is 104 cm³/mol. The van der Waals surface area contributed by atoms with Crippen LogP contribution in [0.1, 0.15) is 30.1 Å². The van der Waals surface area contributed by atoms with Gasteiger partial charge in [-0.1, -0.05) is 25.1 Å². The third-order valence-corrected chi connectivity index (χ3v) is 6.01. The molecule has 1 unspecified atom stereocenters. The Morgan fingerprint density at radius 2 is 1.78 bits per heavy atom. The molecule has 2 aromatic carbocycles. The summed E-state index contributed by atoms with van der Waals surface area (Å²) in [6.07, 6.45) is 1.20. The lowest BCUT2D eigenvalue weighted by Crippen LogP contribution is -2.39. The average molecular weight is 388 g/mol. The van der Waals surface area contributed by atoms with E-state index in [2.05, 4.69) is 4.72 Å². The summed E-state index contributed by atoms with van der Waals surface area (Å²) in [5.41, 5.74) is 0.562. The zero-order valence-corrected chi connectivity index (χ0v) is 16.1. The Bertz CT molecular complexity index is 867. The third kappa shape index (κ3) is 5.30. The molecule has 0 radical (unpaired) electrons. The Morgan fingerprint density at radius 3 is 2.44 bits per heavy atom. The van der Waals surface area contributed by atoms with Crippen molar-refractivity contribution in [3.05, 3.63) is 60.2 Å². The summed E-state index contributed by atoms with van der Waals surface area (Å²) in [4.78, 5) is 14.3. The van der Waals surface area contributed by atoms with E-state index in [9.17, 15) is 13.2 Å². The van der Waals surface area contributed by atoms with E-state index in [1.165, 1.54) is 0 Å². The second kappa shape index (κ2) is 8.54. The van der Waals surface area contributed by atoms with Gasteiger partial charge in [-0.2, -0.15) is 0 Å². The molecule has 0 aliphatic carbocycles. The van der Waals surface area contributed by atoms with Crippen molar-refractivity contribution in [3.8, 4) is 11.5 Å². The van der Waals surface area contributed by atoms with E-state index < -0.39 is 10.0 Å². The molecule has 0 spiro atoms. The minimum Gasteiger partial charge on any atom is -0.457 e. The van der Waals surface area contributed by atoms with Crippen molar-refractivity contribution in [1.29, 1.82) is 0 Å². The molecule has 1 aliphatic rings. The number of nitrogens with zero attached hydrogens (tertiary/aromatic N) is 1. The van der Waals surface area contributed by atoms with Crippen molar-refractivity contribution in [2.75, 3.05) is 18.8 Å². The third-order valence-electron chi connectivity index (χ3n) is 4.37. The summed E-state index contributed by atoms with van der Waals surface area (Å²) >= 11 is 0. The zero-order chi connectivity index (χ0) is 19.3. The first-order valence-electron chi connectivity index (χ1n) is 9.09. The van der Waals surface area contributed by atoms with Crippen molar-refractivity contribution in [3.63, 3.8) is 0 Å². The minimum absolute atomic E-state index is 0.0987. The summed E-state index contributed by atoms with van der Waals surface area (Å²) in [5.74, 6) is 1.40. The second-order valence-corrected chi connectivity index (χ2v) is 8.49. The Labute approximate surface area is 160 Å². The standard InChI is InChI=1S/C20H24N2O4S/c1-2-14-27(24,25)21-17-12-13-22(15-17)20(23)16-8-10-19(11-9-16)26-18-6-4-3-5-7-18/h3-11,17,21H,2,12-15H2,1H3. The molecule has 0 saturated carbocycles. The fourth-order valence-electron chi connectivity index (χ4n) is 3.10. The van der Waals surface area contributed by atoms with Crippen molar-refractivity contribution in [2.24, 2.45) is 0 Å². The number of amides is 1. The fraction of sp³-hybridized carbons (Fsp3) is 0.350. The van der Waals surface area contributed by atoms with Gasteiger partial charge in [-0.25, -0.2) is 13.1 Å². The molecule has 1 fully saturated rings. The normalized spacial score (nSPS) is 17.1. The molecule has 1 N–H and O–H groups in total. The highest BCUT2D eigenvalue weighted by Crippen LogP contribution is 2.22. The van der Waals surface area contributed by atoms with Gasteiger partial charge in [-0.05, 0) is 49.2 Å². The van der Waals surface area contributed by atoms with Crippen LogP contribution in [0.15, 0.2) is 54.6 Å². The number of para-hydroxylation sites is 1. The van der Waals surface area contributed by atoms with Crippen LogP contribution >= 0.6 is 0 Å². The first kappa shape index (κ1) is 19.4. The van der Waals surface area contributed by atoms with Crippen molar-refractivity contribution in [1.82, 2.24) is 9.62 Å². The number of carbonyl (C=O) groups is 1. The van der Waals surface area contributed by atoms with E-state index in [0.717, 1.165) is 5.75 Å². The van der Waals surface area contributed by atoms with Gasteiger partial charge >= 0.3 is 0 Å². The first-order valence-corrected chi connectivity index (χ1v) is 10.7. The maximum atomic E-state index is 12.7. The molecule has 3 rings (SSSR count). The molecule has 7 heteroatoms. The Morgan fingerprint density at radius 1 is 1.11 bits per heavy atom. The van der Waals surface area contributed by atoms with Crippen LogP contribution in [0, 0.1) is 0 Å². The van der Waals surface area contributed by atoms with Crippen LogP contribution in [0.2, 0.25) is 0 Å². The number of likely N-dealkylation sites (tertiary alicyclic amines) is 1. The van der Waals surface area contributed by atoms with Crippen molar-refractivity contribution >= 4 is 15.9 Å². The van der Waals surface area contributed by atoms with Gasteiger partial charge in [0.15, 0.2) is 0 Å². The van der Waals surface area contributed by atoms with Gasteiger partial charge in [0.2, 0.25) is 10.0 Å². The van der Waals surface area contributed by atoms with Gasteiger partial charge in [0.05, 0.1) is 5.75 Å². The van der Waals surface area contributed by atoms with E-state index in [1.54, 1.807) is 29.2 Å². The summed E-state index contributed by atoms with van der Waals surface area (Å²) in [5, 5.41) is 0. The topological polar surface area (TPSA) is 75.7 Å². The van der Waals surface area contributed by atoms with Crippen LogP contribution in [-0.2, 0) is 10.0 Å². The molecule has 1 saturated heterocycles. The molecule has 1 atom stereocenters. The Kier molecular flexibility index (Phi) is 6.13. The lowest BCUT2D eigenvalue weighted by molar-refractivity contribution is 0.0790. The number of hydrogen-bond acceptors (Lipinski definition) is 4. The van der Waals surface area contributed by atoms with Gasteiger partial charge in [-0.3, -0.25) is 4.79 Å². The SMILES string of the molecule is CCCS(=O)(=O)NC1CCN(C(=O)c2ccc(Oc3ccccc3)cc2)C1. The van der Waals surface area contributed by atoms with Crippen LogP contribution < -0.4 is 9.46 Å². The largest absolute Gasteiger partial charge is 0.457 e. The highest BCUT2D eigenvalue weighted by Gasteiger charge is 2.29. The van der Waals surface area contributed by atoms with E-state index >= 15 is 0 Å². The molecule has 6 nitrogen and oxygen atoms in total. The molecular formula is C20H24N2O4S. The monoisotopic (exact) mass is 388 g/mol. The smallest absolute Gasteiger partial charge is 0.253 e. The van der Waals surface area contributed by atoms with Gasteiger partial charge in [-0.15, -0.1) is 0 Å². The molecule has 0 aromatic heterocycles. The number of ether oxygens (including phenoxy) is 1. The number of hydrogen-bond donors (Lipinski definition) is 1. The van der Waals surface area contributed by atoms with Crippen LogP contribution in [-0.4, -0.2) is 44.1 Å². The maximum Gasteiger partial charge on any atom is 0.253 e.